The third-order valence-electron chi connectivity index (χ3n) is 3.84. The minimum atomic E-state index is -0.128. The molecule has 1 aliphatic carbocycles. The molecule has 0 saturated heterocycles. The van der Waals surface area contributed by atoms with E-state index in [1.54, 1.807) is 0 Å². The fourth-order valence-electron chi connectivity index (χ4n) is 2.81. The first kappa shape index (κ1) is 12.9. The average Bonchev–Trinajstić information content (AvgIpc) is 2.92. The molecule has 0 radical (unpaired) electrons. The molecule has 1 aliphatic rings. The summed E-state index contributed by atoms with van der Waals surface area (Å²) in [6, 6.07) is 7.94. The minimum absolute atomic E-state index is 0.0553. The first-order valence-corrected chi connectivity index (χ1v) is 6.33. The number of hydrogen-bond acceptors (Lipinski definition) is 3. The van der Waals surface area contributed by atoms with Gasteiger partial charge in [-0.25, -0.2) is 0 Å². The first-order valence-electron chi connectivity index (χ1n) is 6.33. The third kappa shape index (κ3) is 1.98. The Kier molecular flexibility index (Phi) is 3.33. The second kappa shape index (κ2) is 4.63. The second-order valence-electron chi connectivity index (χ2n) is 5.27. The molecule has 2 rings (SSSR count). The van der Waals surface area contributed by atoms with Crippen LogP contribution < -0.4 is 4.74 Å². The number of carbonyl (C=O) groups excluding carboxylic acids is 1. The SMILES string of the molecule is CCOc1ccccc1C1C(C(=O)OC)C1(C)C. The fourth-order valence-corrected chi connectivity index (χ4v) is 2.81. The smallest absolute Gasteiger partial charge is 0.309 e. The molecule has 18 heavy (non-hydrogen) atoms. The summed E-state index contributed by atoms with van der Waals surface area (Å²) in [7, 11) is 1.45. The summed E-state index contributed by atoms with van der Waals surface area (Å²) in [5.41, 5.74) is 1.06. The van der Waals surface area contributed by atoms with Gasteiger partial charge < -0.3 is 9.47 Å². The summed E-state index contributed by atoms with van der Waals surface area (Å²) in [4.78, 5) is 11.8. The summed E-state index contributed by atoms with van der Waals surface area (Å²) in [5.74, 6) is 0.873. The van der Waals surface area contributed by atoms with E-state index in [0.717, 1.165) is 11.3 Å². The predicted molar refractivity (Wildman–Crippen MR) is 69.6 cm³/mol. The maximum atomic E-state index is 11.8. The number of carbonyl (C=O) groups is 1. The number of esters is 1. The molecule has 0 amide bonds. The maximum Gasteiger partial charge on any atom is 0.309 e. The Labute approximate surface area is 108 Å². The van der Waals surface area contributed by atoms with Crippen LogP contribution in [0.25, 0.3) is 0 Å². The molecule has 1 aromatic carbocycles. The van der Waals surface area contributed by atoms with Crippen LogP contribution in [0.4, 0.5) is 0 Å². The van der Waals surface area contributed by atoms with E-state index in [2.05, 4.69) is 13.8 Å². The molecule has 0 bridgehead atoms. The van der Waals surface area contributed by atoms with E-state index in [9.17, 15) is 4.79 Å². The molecule has 0 aromatic heterocycles. The van der Waals surface area contributed by atoms with Gasteiger partial charge in [0.1, 0.15) is 5.75 Å². The molecule has 0 aliphatic heterocycles. The van der Waals surface area contributed by atoms with Gasteiger partial charge in [-0.05, 0) is 24.0 Å². The highest BCUT2D eigenvalue weighted by molar-refractivity contribution is 5.79. The van der Waals surface area contributed by atoms with Gasteiger partial charge in [-0.3, -0.25) is 4.79 Å². The van der Waals surface area contributed by atoms with Crippen molar-refractivity contribution < 1.29 is 14.3 Å². The number of benzene rings is 1. The average molecular weight is 248 g/mol. The van der Waals surface area contributed by atoms with Crippen molar-refractivity contribution in [2.75, 3.05) is 13.7 Å². The van der Waals surface area contributed by atoms with E-state index in [4.69, 9.17) is 9.47 Å². The minimum Gasteiger partial charge on any atom is -0.494 e. The number of methoxy groups -OCH3 is 1. The number of para-hydroxylation sites is 1. The molecule has 2 atom stereocenters. The van der Waals surface area contributed by atoms with E-state index in [1.165, 1.54) is 7.11 Å². The Morgan fingerprint density at radius 3 is 2.61 bits per heavy atom. The van der Waals surface area contributed by atoms with Crippen LogP contribution in [0.1, 0.15) is 32.3 Å². The highest BCUT2D eigenvalue weighted by Crippen LogP contribution is 2.66. The van der Waals surface area contributed by atoms with E-state index >= 15 is 0 Å². The van der Waals surface area contributed by atoms with Gasteiger partial charge in [0.05, 0.1) is 19.6 Å². The third-order valence-corrected chi connectivity index (χ3v) is 3.84. The lowest BCUT2D eigenvalue weighted by molar-refractivity contribution is -0.143. The maximum absolute atomic E-state index is 11.8. The zero-order chi connectivity index (χ0) is 13.3. The van der Waals surface area contributed by atoms with Crippen LogP contribution in [0.3, 0.4) is 0 Å². The molecule has 98 valence electrons. The van der Waals surface area contributed by atoms with E-state index < -0.39 is 0 Å². The highest BCUT2D eigenvalue weighted by atomic mass is 16.5. The van der Waals surface area contributed by atoms with Crippen LogP contribution >= 0.6 is 0 Å². The van der Waals surface area contributed by atoms with Crippen molar-refractivity contribution in [2.24, 2.45) is 11.3 Å². The molecular formula is C15H20O3. The van der Waals surface area contributed by atoms with Gasteiger partial charge in [-0.2, -0.15) is 0 Å². The number of rotatable bonds is 4. The van der Waals surface area contributed by atoms with E-state index in [0.29, 0.717) is 6.61 Å². The van der Waals surface area contributed by atoms with Gasteiger partial charge in [-0.1, -0.05) is 32.0 Å². The summed E-state index contributed by atoms with van der Waals surface area (Å²) >= 11 is 0. The quantitative estimate of drug-likeness (QED) is 0.768. The topological polar surface area (TPSA) is 35.5 Å². The number of ether oxygens (including phenoxy) is 2. The molecule has 1 aromatic rings. The van der Waals surface area contributed by atoms with E-state index in [1.807, 2.05) is 31.2 Å². The monoisotopic (exact) mass is 248 g/mol. The Morgan fingerprint density at radius 1 is 1.33 bits per heavy atom. The summed E-state index contributed by atoms with van der Waals surface area (Å²) in [6.07, 6.45) is 0. The van der Waals surface area contributed by atoms with Crippen molar-refractivity contribution in [1.29, 1.82) is 0 Å². The van der Waals surface area contributed by atoms with E-state index in [-0.39, 0.29) is 23.2 Å². The molecule has 3 nitrogen and oxygen atoms in total. The van der Waals surface area contributed by atoms with Crippen LogP contribution in [-0.4, -0.2) is 19.7 Å². The fraction of sp³-hybridized carbons (Fsp3) is 0.533. The molecule has 0 N–H and O–H groups in total. The molecule has 3 heteroatoms. The standard InChI is InChI=1S/C15H20O3/c1-5-18-11-9-7-6-8-10(11)12-13(14(16)17-4)15(12,2)3/h6-9,12-13H,5H2,1-4H3. The van der Waals surface area contributed by atoms with Gasteiger partial charge in [0, 0.05) is 5.92 Å². The van der Waals surface area contributed by atoms with Crippen molar-refractivity contribution in [3.63, 3.8) is 0 Å². The summed E-state index contributed by atoms with van der Waals surface area (Å²) < 4.78 is 10.5. The van der Waals surface area contributed by atoms with Gasteiger partial charge in [0.25, 0.3) is 0 Å². The normalized spacial score (nSPS) is 24.4. The van der Waals surface area contributed by atoms with Crippen molar-refractivity contribution >= 4 is 5.97 Å². The summed E-state index contributed by atoms with van der Waals surface area (Å²) in [6.45, 7) is 6.80. The lowest BCUT2D eigenvalue weighted by Gasteiger charge is -2.10. The second-order valence-corrected chi connectivity index (χ2v) is 5.27. The van der Waals surface area contributed by atoms with Gasteiger partial charge >= 0.3 is 5.97 Å². The van der Waals surface area contributed by atoms with Crippen LogP contribution in [-0.2, 0) is 9.53 Å². The van der Waals surface area contributed by atoms with Crippen LogP contribution in [0.15, 0.2) is 24.3 Å². The van der Waals surface area contributed by atoms with Crippen molar-refractivity contribution in [2.45, 2.75) is 26.7 Å². The van der Waals surface area contributed by atoms with Gasteiger partial charge in [0.2, 0.25) is 0 Å². The predicted octanol–water partition coefficient (Wildman–Crippen LogP) is 3.00. The van der Waals surface area contributed by atoms with Gasteiger partial charge in [-0.15, -0.1) is 0 Å². The lowest BCUT2D eigenvalue weighted by Crippen LogP contribution is -2.07. The Bertz CT molecular complexity index is 451. The van der Waals surface area contributed by atoms with Crippen LogP contribution in [0.2, 0.25) is 0 Å². The Hall–Kier alpha value is -1.51. The zero-order valence-corrected chi connectivity index (χ0v) is 11.4. The summed E-state index contributed by atoms with van der Waals surface area (Å²) in [5, 5.41) is 0. The van der Waals surface area contributed by atoms with Crippen molar-refractivity contribution in [3.8, 4) is 5.75 Å². The molecule has 0 heterocycles. The molecule has 1 saturated carbocycles. The number of hydrogen-bond donors (Lipinski definition) is 0. The highest BCUT2D eigenvalue weighted by Gasteiger charge is 2.63. The first-order chi connectivity index (χ1) is 8.54. The Morgan fingerprint density at radius 2 is 2.00 bits per heavy atom. The zero-order valence-electron chi connectivity index (χ0n) is 11.4. The largest absolute Gasteiger partial charge is 0.494 e. The van der Waals surface area contributed by atoms with Crippen molar-refractivity contribution in [1.82, 2.24) is 0 Å². The molecule has 1 fully saturated rings. The lowest BCUT2D eigenvalue weighted by atomic mass is 10.0. The molecular weight excluding hydrogens is 228 g/mol. The van der Waals surface area contributed by atoms with Crippen LogP contribution in [0.5, 0.6) is 5.75 Å². The molecule has 0 spiro atoms. The Balaban J connectivity index is 2.30. The van der Waals surface area contributed by atoms with Gasteiger partial charge in [0.15, 0.2) is 0 Å². The van der Waals surface area contributed by atoms with Crippen molar-refractivity contribution in [3.05, 3.63) is 29.8 Å². The molecule has 2 unspecified atom stereocenters. The van der Waals surface area contributed by atoms with Crippen LogP contribution in [0, 0.1) is 11.3 Å².